The highest BCUT2D eigenvalue weighted by Crippen LogP contribution is 2.34. The van der Waals surface area contributed by atoms with Gasteiger partial charge in [0.25, 0.3) is 5.91 Å². The first-order valence-electron chi connectivity index (χ1n) is 9.86. The minimum atomic E-state index is 0.158. The van der Waals surface area contributed by atoms with Crippen molar-refractivity contribution < 1.29 is 4.79 Å². The Labute approximate surface area is 165 Å². The van der Waals surface area contributed by atoms with Gasteiger partial charge in [-0.3, -0.25) is 9.69 Å². The van der Waals surface area contributed by atoms with Crippen LogP contribution in [0.3, 0.4) is 0 Å². The summed E-state index contributed by atoms with van der Waals surface area (Å²) < 4.78 is 0. The summed E-state index contributed by atoms with van der Waals surface area (Å²) >= 11 is 12.2. The fourth-order valence-electron chi connectivity index (χ4n) is 4.87. The summed E-state index contributed by atoms with van der Waals surface area (Å²) in [6, 6.07) is 6.38. The predicted octanol–water partition coefficient (Wildman–Crippen LogP) is 5.02. The molecule has 0 N–H and O–H groups in total. The van der Waals surface area contributed by atoms with Crippen LogP contribution in [0.25, 0.3) is 5.57 Å². The monoisotopic (exact) mass is 392 g/mol. The lowest BCUT2D eigenvalue weighted by Crippen LogP contribution is -2.55. The number of amides is 1. The standard InChI is InChI=1S/C21H26Cl2N2O/c22-17-10-9-15(14-18(17)23)16-6-5-13-25(21(16)26)20-8-2-1-7-19(20)24-11-3-4-12-24/h6,9-10,14,19-20H,1-5,7-8,11-13H2/t19-,20-/m1/s1. The molecule has 0 bridgehead atoms. The van der Waals surface area contributed by atoms with Gasteiger partial charge in [-0.15, -0.1) is 0 Å². The number of nitrogens with zero attached hydrogens (tertiary/aromatic N) is 2. The van der Waals surface area contributed by atoms with Crippen molar-refractivity contribution >= 4 is 34.7 Å². The maximum atomic E-state index is 13.3. The molecule has 3 nitrogen and oxygen atoms in total. The van der Waals surface area contributed by atoms with Gasteiger partial charge in [-0.1, -0.05) is 48.2 Å². The van der Waals surface area contributed by atoms with E-state index in [-0.39, 0.29) is 5.91 Å². The van der Waals surface area contributed by atoms with Crippen LogP contribution in [-0.4, -0.2) is 47.4 Å². The van der Waals surface area contributed by atoms with Gasteiger partial charge in [-0.25, -0.2) is 0 Å². The molecule has 1 saturated heterocycles. The zero-order valence-electron chi connectivity index (χ0n) is 15.1. The lowest BCUT2D eigenvalue weighted by molar-refractivity contribution is -0.130. The van der Waals surface area contributed by atoms with Crippen LogP contribution in [0.5, 0.6) is 0 Å². The van der Waals surface area contributed by atoms with Gasteiger partial charge in [0.1, 0.15) is 0 Å². The lowest BCUT2D eigenvalue weighted by atomic mass is 9.86. The Morgan fingerprint density at radius 1 is 0.885 bits per heavy atom. The van der Waals surface area contributed by atoms with Gasteiger partial charge < -0.3 is 4.90 Å². The number of hydrogen-bond donors (Lipinski definition) is 0. The summed E-state index contributed by atoms with van der Waals surface area (Å²) in [5, 5.41) is 1.03. The second kappa shape index (κ2) is 7.92. The molecular formula is C21H26Cl2N2O. The molecule has 0 radical (unpaired) electrons. The maximum absolute atomic E-state index is 13.3. The predicted molar refractivity (Wildman–Crippen MR) is 108 cm³/mol. The van der Waals surface area contributed by atoms with Crippen LogP contribution >= 0.6 is 23.2 Å². The molecule has 1 aromatic carbocycles. The summed E-state index contributed by atoms with van der Waals surface area (Å²) in [5.74, 6) is 0.158. The molecule has 0 aromatic heterocycles. The number of likely N-dealkylation sites (tertiary alicyclic amines) is 1. The Morgan fingerprint density at radius 3 is 2.35 bits per heavy atom. The number of carbonyl (C=O) groups excluding carboxylic acids is 1. The molecule has 2 atom stereocenters. The minimum Gasteiger partial charge on any atom is -0.334 e. The first-order valence-corrected chi connectivity index (χ1v) is 10.6. The summed E-state index contributed by atoms with van der Waals surface area (Å²) in [7, 11) is 0. The SMILES string of the molecule is O=C1C(c2ccc(Cl)c(Cl)c2)=CCCN1[C@@H]1CCCC[C@H]1N1CCCC1. The third kappa shape index (κ3) is 3.54. The zero-order chi connectivity index (χ0) is 18.1. The molecule has 0 unspecified atom stereocenters. The normalized spacial score (nSPS) is 27.7. The van der Waals surface area contributed by atoms with Crippen LogP contribution in [0.4, 0.5) is 0 Å². The topological polar surface area (TPSA) is 23.6 Å². The van der Waals surface area contributed by atoms with Crippen LogP contribution in [0.2, 0.25) is 10.0 Å². The van der Waals surface area contributed by atoms with Crippen LogP contribution in [0, 0.1) is 0 Å². The van der Waals surface area contributed by atoms with E-state index in [0.717, 1.165) is 30.5 Å². The van der Waals surface area contributed by atoms with E-state index in [9.17, 15) is 4.79 Å². The molecule has 140 valence electrons. The molecule has 1 aromatic rings. The van der Waals surface area contributed by atoms with Crippen molar-refractivity contribution in [3.63, 3.8) is 0 Å². The average molecular weight is 393 g/mol. The van der Waals surface area contributed by atoms with Crippen molar-refractivity contribution in [2.75, 3.05) is 19.6 Å². The lowest BCUT2D eigenvalue weighted by Gasteiger charge is -2.45. The summed E-state index contributed by atoms with van der Waals surface area (Å²) in [6.07, 6.45) is 10.4. The van der Waals surface area contributed by atoms with Gasteiger partial charge in [0, 0.05) is 24.2 Å². The zero-order valence-corrected chi connectivity index (χ0v) is 16.6. The van der Waals surface area contributed by atoms with Crippen molar-refractivity contribution in [1.29, 1.82) is 0 Å². The van der Waals surface area contributed by atoms with E-state index >= 15 is 0 Å². The molecule has 3 aliphatic rings. The van der Waals surface area contributed by atoms with Crippen molar-refractivity contribution in [3.05, 3.63) is 39.9 Å². The van der Waals surface area contributed by atoms with E-state index in [1.165, 1.54) is 45.2 Å². The Balaban J connectivity index is 1.57. The summed E-state index contributed by atoms with van der Waals surface area (Å²) in [6.45, 7) is 3.22. The molecule has 0 spiro atoms. The number of benzene rings is 1. The van der Waals surface area contributed by atoms with Gasteiger partial charge in [-0.05, 0) is 62.9 Å². The molecular weight excluding hydrogens is 367 g/mol. The summed E-state index contributed by atoms with van der Waals surface area (Å²) in [5.41, 5.74) is 1.66. The summed E-state index contributed by atoms with van der Waals surface area (Å²) in [4.78, 5) is 18.1. The molecule has 5 heteroatoms. The Hall–Kier alpha value is -1.03. The number of rotatable bonds is 3. The third-order valence-corrected chi connectivity index (χ3v) is 6.88. The van der Waals surface area contributed by atoms with Gasteiger partial charge in [0.15, 0.2) is 0 Å². The van der Waals surface area contributed by atoms with E-state index in [4.69, 9.17) is 23.2 Å². The van der Waals surface area contributed by atoms with Crippen LogP contribution < -0.4 is 0 Å². The first kappa shape index (κ1) is 18.3. The number of halogens is 2. The smallest absolute Gasteiger partial charge is 0.254 e. The van der Waals surface area contributed by atoms with Crippen molar-refractivity contribution in [2.24, 2.45) is 0 Å². The van der Waals surface area contributed by atoms with E-state index in [1.807, 2.05) is 12.1 Å². The molecule has 2 fully saturated rings. The second-order valence-electron chi connectivity index (χ2n) is 7.70. The van der Waals surface area contributed by atoms with E-state index in [2.05, 4.69) is 15.9 Å². The molecule has 4 rings (SSSR count). The Bertz CT molecular complexity index is 712. The molecule has 26 heavy (non-hydrogen) atoms. The van der Waals surface area contributed by atoms with Gasteiger partial charge in [0.2, 0.25) is 0 Å². The Morgan fingerprint density at radius 2 is 1.62 bits per heavy atom. The third-order valence-electron chi connectivity index (χ3n) is 6.14. The van der Waals surface area contributed by atoms with E-state index in [1.54, 1.807) is 6.07 Å². The van der Waals surface area contributed by atoms with Crippen molar-refractivity contribution in [1.82, 2.24) is 9.80 Å². The van der Waals surface area contributed by atoms with Crippen molar-refractivity contribution in [2.45, 2.75) is 57.0 Å². The quantitative estimate of drug-likeness (QED) is 0.720. The molecule has 1 saturated carbocycles. The first-order chi connectivity index (χ1) is 12.6. The average Bonchev–Trinajstić information content (AvgIpc) is 3.19. The highest BCUT2D eigenvalue weighted by atomic mass is 35.5. The highest BCUT2D eigenvalue weighted by Gasteiger charge is 2.38. The fraction of sp³-hybridized carbons (Fsp3) is 0.571. The molecule has 2 heterocycles. The second-order valence-corrected chi connectivity index (χ2v) is 8.51. The number of hydrogen-bond acceptors (Lipinski definition) is 2. The van der Waals surface area contributed by atoms with Crippen LogP contribution in [0.1, 0.15) is 50.5 Å². The highest BCUT2D eigenvalue weighted by molar-refractivity contribution is 6.42. The largest absolute Gasteiger partial charge is 0.334 e. The van der Waals surface area contributed by atoms with Gasteiger partial charge >= 0.3 is 0 Å². The van der Waals surface area contributed by atoms with Crippen molar-refractivity contribution in [3.8, 4) is 0 Å². The van der Waals surface area contributed by atoms with Gasteiger partial charge in [-0.2, -0.15) is 0 Å². The van der Waals surface area contributed by atoms with E-state index in [0.29, 0.717) is 22.1 Å². The van der Waals surface area contributed by atoms with Crippen LogP contribution in [0.15, 0.2) is 24.3 Å². The van der Waals surface area contributed by atoms with Gasteiger partial charge in [0.05, 0.1) is 10.0 Å². The molecule has 1 aliphatic carbocycles. The number of carbonyl (C=O) groups is 1. The van der Waals surface area contributed by atoms with E-state index < -0.39 is 0 Å². The van der Waals surface area contributed by atoms with Crippen LogP contribution in [-0.2, 0) is 4.79 Å². The minimum absolute atomic E-state index is 0.158. The maximum Gasteiger partial charge on any atom is 0.254 e. The Kier molecular flexibility index (Phi) is 5.58. The molecule has 2 aliphatic heterocycles. The molecule has 1 amide bonds. The fourth-order valence-corrected chi connectivity index (χ4v) is 5.17.